The highest BCUT2D eigenvalue weighted by atomic mass is 16.5. The number of aliphatic carboxylic acids is 1. The topological polar surface area (TPSA) is 72.8 Å². The second-order valence-corrected chi connectivity index (χ2v) is 4.59. The van der Waals surface area contributed by atoms with Crippen LogP contribution >= 0.6 is 0 Å². The maximum absolute atomic E-state index is 11.4. The van der Waals surface area contributed by atoms with Gasteiger partial charge in [0.2, 0.25) is 5.60 Å². The Morgan fingerprint density at radius 3 is 2.26 bits per heavy atom. The fourth-order valence-electron chi connectivity index (χ4n) is 2.04. The predicted octanol–water partition coefficient (Wildman–Crippen LogP) is 1.90. The third-order valence-electron chi connectivity index (χ3n) is 3.26. The van der Waals surface area contributed by atoms with Gasteiger partial charge in [-0.1, -0.05) is 0 Å². The largest absolute Gasteiger partial charge is 0.478 e. The number of carbonyl (C=O) groups is 2. The Balaban J connectivity index is 2.17. The minimum absolute atomic E-state index is 0.0365. The normalized spacial score (nSPS) is 17.7. The molecule has 0 radical (unpaired) electrons. The zero-order chi connectivity index (χ0) is 13.9. The van der Waals surface area contributed by atoms with Crippen molar-refractivity contribution in [3.05, 3.63) is 29.8 Å². The van der Waals surface area contributed by atoms with Crippen LogP contribution in [-0.4, -0.2) is 35.7 Å². The van der Waals surface area contributed by atoms with Crippen LogP contribution in [0.15, 0.2) is 24.3 Å². The van der Waals surface area contributed by atoms with Crippen LogP contribution in [0.4, 0.5) is 0 Å². The average molecular weight is 264 g/mol. The van der Waals surface area contributed by atoms with Crippen LogP contribution in [0.5, 0.6) is 5.75 Å². The molecule has 0 saturated carbocycles. The van der Waals surface area contributed by atoms with Crippen molar-refractivity contribution in [1.82, 2.24) is 0 Å². The molecule has 5 nitrogen and oxygen atoms in total. The summed E-state index contributed by atoms with van der Waals surface area (Å²) < 4.78 is 10.8. The Bertz CT molecular complexity index is 471. The van der Waals surface area contributed by atoms with Gasteiger partial charge in [-0.3, -0.25) is 4.79 Å². The van der Waals surface area contributed by atoms with Gasteiger partial charge in [-0.2, -0.15) is 0 Å². The van der Waals surface area contributed by atoms with Gasteiger partial charge in [0.05, 0.1) is 13.2 Å². The van der Waals surface area contributed by atoms with Gasteiger partial charge in [0.25, 0.3) is 0 Å². The summed E-state index contributed by atoms with van der Waals surface area (Å²) in [6.07, 6.45) is 0.633. The quantitative estimate of drug-likeness (QED) is 0.841. The van der Waals surface area contributed by atoms with E-state index in [1.165, 1.54) is 6.92 Å². The first-order valence-corrected chi connectivity index (χ1v) is 6.15. The summed E-state index contributed by atoms with van der Waals surface area (Å²) in [5.41, 5.74) is -0.653. The molecule has 0 atom stereocenters. The molecule has 1 heterocycles. The van der Waals surface area contributed by atoms with Crippen LogP contribution < -0.4 is 4.74 Å². The lowest BCUT2D eigenvalue weighted by atomic mass is 9.94. The lowest BCUT2D eigenvalue weighted by molar-refractivity contribution is -0.163. The summed E-state index contributed by atoms with van der Waals surface area (Å²) in [4.78, 5) is 22.6. The fraction of sp³-hybridized carbons (Fsp3) is 0.429. The first-order chi connectivity index (χ1) is 9.03. The highest BCUT2D eigenvalue weighted by Gasteiger charge is 2.42. The van der Waals surface area contributed by atoms with E-state index in [0.717, 1.165) is 0 Å². The van der Waals surface area contributed by atoms with Crippen LogP contribution in [0, 0.1) is 0 Å². The number of ketones is 1. The molecule has 5 heteroatoms. The molecule has 1 saturated heterocycles. The maximum Gasteiger partial charge on any atom is 0.348 e. The third-order valence-corrected chi connectivity index (χ3v) is 3.26. The molecule has 0 bridgehead atoms. The summed E-state index contributed by atoms with van der Waals surface area (Å²) in [5, 5.41) is 9.36. The van der Waals surface area contributed by atoms with Gasteiger partial charge in [-0.15, -0.1) is 0 Å². The van der Waals surface area contributed by atoms with Crippen molar-refractivity contribution in [3.63, 3.8) is 0 Å². The van der Waals surface area contributed by atoms with Crippen LogP contribution in [0.25, 0.3) is 0 Å². The first kappa shape index (κ1) is 13.5. The molecule has 0 aromatic heterocycles. The smallest absolute Gasteiger partial charge is 0.348 e. The monoisotopic (exact) mass is 264 g/mol. The highest BCUT2D eigenvalue weighted by molar-refractivity contribution is 5.94. The molecule has 1 aromatic rings. The van der Waals surface area contributed by atoms with Crippen LogP contribution in [-0.2, 0) is 9.53 Å². The highest BCUT2D eigenvalue weighted by Crippen LogP contribution is 2.28. The summed E-state index contributed by atoms with van der Waals surface area (Å²) in [6.45, 7) is 2.22. The minimum Gasteiger partial charge on any atom is -0.478 e. The van der Waals surface area contributed by atoms with Crippen molar-refractivity contribution in [2.75, 3.05) is 13.2 Å². The molecular weight excluding hydrogens is 248 g/mol. The molecule has 0 aliphatic carbocycles. The second kappa shape index (κ2) is 5.40. The lowest BCUT2D eigenvalue weighted by Gasteiger charge is -2.33. The van der Waals surface area contributed by atoms with E-state index in [1.807, 2.05) is 0 Å². The molecule has 1 aliphatic heterocycles. The molecule has 1 aromatic carbocycles. The van der Waals surface area contributed by atoms with Crippen molar-refractivity contribution in [1.29, 1.82) is 0 Å². The van der Waals surface area contributed by atoms with E-state index in [-0.39, 0.29) is 5.78 Å². The van der Waals surface area contributed by atoms with Crippen LogP contribution in [0.1, 0.15) is 30.1 Å². The van der Waals surface area contributed by atoms with Gasteiger partial charge in [-0.05, 0) is 31.2 Å². The molecule has 0 unspecified atom stereocenters. The number of carboxylic acids is 1. The summed E-state index contributed by atoms with van der Waals surface area (Å²) in [7, 11) is 0. The molecule has 1 aliphatic rings. The zero-order valence-corrected chi connectivity index (χ0v) is 10.7. The molecule has 2 rings (SSSR count). The average Bonchev–Trinajstić information content (AvgIpc) is 2.40. The Kier molecular flexibility index (Phi) is 3.85. The van der Waals surface area contributed by atoms with E-state index in [2.05, 4.69) is 0 Å². The Morgan fingerprint density at radius 2 is 1.79 bits per heavy atom. The number of rotatable bonds is 4. The van der Waals surface area contributed by atoms with Gasteiger partial charge >= 0.3 is 5.97 Å². The summed E-state index contributed by atoms with van der Waals surface area (Å²) in [5.74, 6) is -0.564. The van der Waals surface area contributed by atoms with Crippen molar-refractivity contribution < 1.29 is 24.2 Å². The Hall–Kier alpha value is -1.88. The van der Waals surface area contributed by atoms with Crippen molar-refractivity contribution in [2.24, 2.45) is 0 Å². The zero-order valence-electron chi connectivity index (χ0n) is 10.7. The van der Waals surface area contributed by atoms with E-state index in [4.69, 9.17) is 9.47 Å². The summed E-state index contributed by atoms with van der Waals surface area (Å²) >= 11 is 0. The molecule has 0 spiro atoms. The van der Waals surface area contributed by atoms with Gasteiger partial charge in [0, 0.05) is 18.4 Å². The third kappa shape index (κ3) is 2.93. The predicted molar refractivity (Wildman–Crippen MR) is 67.5 cm³/mol. The molecule has 0 amide bonds. The number of benzene rings is 1. The standard InChI is InChI=1S/C14H16O5/c1-10(15)11-2-4-12(5-3-11)19-14(13(16)17)6-8-18-9-7-14/h2-5H,6-9H2,1H3,(H,16,17). The van der Waals surface area contributed by atoms with E-state index in [0.29, 0.717) is 37.4 Å². The number of ether oxygens (including phenoxy) is 2. The van der Waals surface area contributed by atoms with Gasteiger partial charge in [0.15, 0.2) is 5.78 Å². The number of carbonyl (C=O) groups excluding carboxylic acids is 1. The Morgan fingerprint density at radius 1 is 1.21 bits per heavy atom. The SMILES string of the molecule is CC(=O)c1ccc(OC2(C(=O)O)CCOCC2)cc1. The summed E-state index contributed by atoms with van der Waals surface area (Å²) in [6, 6.07) is 6.51. The van der Waals surface area contributed by atoms with E-state index in [1.54, 1.807) is 24.3 Å². The van der Waals surface area contributed by atoms with E-state index >= 15 is 0 Å². The molecule has 1 N–H and O–H groups in total. The van der Waals surface area contributed by atoms with E-state index in [9.17, 15) is 14.7 Å². The van der Waals surface area contributed by atoms with Crippen LogP contribution in [0.2, 0.25) is 0 Å². The van der Waals surface area contributed by atoms with Gasteiger partial charge < -0.3 is 14.6 Å². The van der Waals surface area contributed by atoms with E-state index < -0.39 is 11.6 Å². The van der Waals surface area contributed by atoms with Crippen molar-refractivity contribution >= 4 is 11.8 Å². The minimum atomic E-state index is -1.23. The molecular formula is C14H16O5. The number of Topliss-reactive ketones (excluding diaryl/α,β-unsaturated/α-hetero) is 1. The van der Waals surface area contributed by atoms with Gasteiger partial charge in [0.1, 0.15) is 5.75 Å². The fourth-order valence-corrected chi connectivity index (χ4v) is 2.04. The number of hydrogen-bond donors (Lipinski definition) is 1. The van der Waals surface area contributed by atoms with Crippen LogP contribution in [0.3, 0.4) is 0 Å². The van der Waals surface area contributed by atoms with Crippen molar-refractivity contribution in [3.8, 4) is 5.75 Å². The molecule has 102 valence electrons. The second-order valence-electron chi connectivity index (χ2n) is 4.59. The molecule has 19 heavy (non-hydrogen) atoms. The Labute approximate surface area is 111 Å². The van der Waals surface area contributed by atoms with Gasteiger partial charge in [-0.25, -0.2) is 4.79 Å². The molecule has 1 fully saturated rings. The van der Waals surface area contributed by atoms with Crippen molar-refractivity contribution in [2.45, 2.75) is 25.4 Å². The lowest BCUT2D eigenvalue weighted by Crippen LogP contribution is -2.49. The number of hydrogen-bond acceptors (Lipinski definition) is 4. The number of carboxylic acid groups (broad SMARTS) is 1. The first-order valence-electron chi connectivity index (χ1n) is 6.15. The maximum atomic E-state index is 11.4.